The molecule has 1 aliphatic heterocycles. The van der Waals surface area contributed by atoms with Crippen molar-refractivity contribution in [2.45, 2.75) is 26.4 Å². The summed E-state index contributed by atoms with van der Waals surface area (Å²) in [6, 6.07) is 21.1. The Morgan fingerprint density at radius 1 is 0.892 bits per heavy atom. The van der Waals surface area contributed by atoms with Crippen molar-refractivity contribution in [1.82, 2.24) is 25.1 Å². The van der Waals surface area contributed by atoms with Gasteiger partial charge < -0.3 is 14.5 Å². The molecule has 1 aromatic heterocycles. The molecule has 0 radical (unpaired) electrons. The summed E-state index contributed by atoms with van der Waals surface area (Å²) in [5.74, 6) is 0.482. The molecule has 1 fully saturated rings. The van der Waals surface area contributed by atoms with Crippen molar-refractivity contribution in [2.75, 3.05) is 36.4 Å². The van der Waals surface area contributed by atoms with Crippen LogP contribution in [0.3, 0.4) is 0 Å². The second-order valence-electron chi connectivity index (χ2n) is 9.88. The molecule has 1 N–H and O–H groups in total. The number of ether oxygens (including phenoxy) is 1. The van der Waals surface area contributed by atoms with Crippen LogP contribution in [0.25, 0.3) is 16.5 Å². The molecule has 4 aromatic rings. The Kier molecular flexibility index (Phi) is 6.47. The molecule has 3 aromatic carbocycles. The second kappa shape index (κ2) is 9.88. The number of piperazine rings is 1. The normalized spacial score (nSPS) is 14.0. The Morgan fingerprint density at radius 3 is 2.22 bits per heavy atom. The number of rotatable bonds is 4. The standard InChI is InChI=1S/C27H29N7O3/c1-27(2,3)37-26(36)28-23-18-20-10-8-7-9-19(20)17-22(23)24(35)32-13-15-33(16-14-32)25-29-30-31-34(25)21-11-5-4-6-12-21/h4-12,17-18H,13-16H2,1-3H3,(H,28,36). The number of carbonyl (C=O) groups excluding carboxylic acids is 2. The van der Waals surface area contributed by atoms with E-state index in [4.69, 9.17) is 4.74 Å². The van der Waals surface area contributed by atoms with Crippen molar-refractivity contribution in [2.24, 2.45) is 0 Å². The number of para-hydroxylation sites is 1. The topological polar surface area (TPSA) is 105 Å². The molecule has 0 unspecified atom stereocenters. The van der Waals surface area contributed by atoms with Crippen molar-refractivity contribution in [1.29, 1.82) is 0 Å². The molecule has 0 atom stereocenters. The van der Waals surface area contributed by atoms with Crippen LogP contribution >= 0.6 is 0 Å². The average Bonchev–Trinajstić information content (AvgIpc) is 3.37. The van der Waals surface area contributed by atoms with E-state index in [0.29, 0.717) is 43.4 Å². The molecule has 2 heterocycles. The highest BCUT2D eigenvalue weighted by Gasteiger charge is 2.28. The van der Waals surface area contributed by atoms with E-state index in [1.807, 2.05) is 66.7 Å². The van der Waals surface area contributed by atoms with Crippen LogP contribution in [-0.2, 0) is 4.74 Å². The molecule has 190 valence electrons. The fourth-order valence-corrected chi connectivity index (χ4v) is 4.33. The van der Waals surface area contributed by atoms with Crippen LogP contribution in [0.15, 0.2) is 66.7 Å². The van der Waals surface area contributed by atoms with Gasteiger partial charge in [0.05, 0.1) is 16.9 Å². The molecule has 0 spiro atoms. The minimum atomic E-state index is -0.656. The molecule has 0 bridgehead atoms. The van der Waals surface area contributed by atoms with E-state index >= 15 is 0 Å². The molecule has 37 heavy (non-hydrogen) atoms. The fraction of sp³-hybridized carbons (Fsp3) is 0.296. The van der Waals surface area contributed by atoms with E-state index in [0.717, 1.165) is 16.5 Å². The number of carbonyl (C=O) groups is 2. The number of benzene rings is 3. The van der Waals surface area contributed by atoms with Gasteiger partial charge in [0, 0.05) is 26.2 Å². The highest BCUT2D eigenvalue weighted by molar-refractivity contribution is 6.07. The second-order valence-corrected chi connectivity index (χ2v) is 9.88. The van der Waals surface area contributed by atoms with Crippen LogP contribution < -0.4 is 10.2 Å². The lowest BCUT2D eigenvalue weighted by Gasteiger charge is -2.35. The third-order valence-electron chi connectivity index (χ3n) is 6.06. The smallest absolute Gasteiger partial charge is 0.412 e. The molecule has 0 saturated carbocycles. The molecule has 10 nitrogen and oxygen atoms in total. The number of amides is 2. The van der Waals surface area contributed by atoms with Gasteiger partial charge in [-0.25, -0.2) is 4.79 Å². The Hall–Kier alpha value is -4.47. The number of nitrogens with zero attached hydrogens (tertiary/aromatic N) is 6. The SMILES string of the molecule is CC(C)(C)OC(=O)Nc1cc2ccccc2cc1C(=O)N1CCN(c2nnnn2-c2ccccc2)CC1. The zero-order valence-corrected chi connectivity index (χ0v) is 21.1. The minimum Gasteiger partial charge on any atom is -0.444 e. The highest BCUT2D eigenvalue weighted by atomic mass is 16.6. The van der Waals surface area contributed by atoms with Gasteiger partial charge in [0.15, 0.2) is 0 Å². The van der Waals surface area contributed by atoms with Crippen molar-refractivity contribution < 1.29 is 14.3 Å². The molecular formula is C27H29N7O3. The summed E-state index contributed by atoms with van der Waals surface area (Å²) in [6.45, 7) is 7.51. The van der Waals surface area contributed by atoms with Gasteiger partial charge in [-0.3, -0.25) is 10.1 Å². The van der Waals surface area contributed by atoms with Gasteiger partial charge in [0.1, 0.15) is 5.60 Å². The zero-order valence-electron chi connectivity index (χ0n) is 21.1. The van der Waals surface area contributed by atoms with Crippen molar-refractivity contribution >= 4 is 34.4 Å². The maximum Gasteiger partial charge on any atom is 0.412 e. The molecule has 5 rings (SSSR count). The average molecular weight is 500 g/mol. The summed E-state index contributed by atoms with van der Waals surface area (Å²) < 4.78 is 7.13. The Morgan fingerprint density at radius 2 is 1.54 bits per heavy atom. The third-order valence-corrected chi connectivity index (χ3v) is 6.06. The number of aromatic nitrogens is 4. The molecular weight excluding hydrogens is 470 g/mol. The van der Waals surface area contributed by atoms with E-state index in [1.54, 1.807) is 30.4 Å². The Bertz CT molecular complexity index is 1420. The van der Waals surface area contributed by atoms with E-state index < -0.39 is 11.7 Å². The first-order valence-corrected chi connectivity index (χ1v) is 12.2. The van der Waals surface area contributed by atoms with Crippen LogP contribution in [0.2, 0.25) is 0 Å². The van der Waals surface area contributed by atoms with Gasteiger partial charge >= 0.3 is 6.09 Å². The molecule has 1 saturated heterocycles. The maximum atomic E-state index is 13.7. The first kappa shape index (κ1) is 24.2. The predicted octanol–water partition coefficient (Wildman–Crippen LogP) is 4.12. The molecule has 2 amide bonds. The lowest BCUT2D eigenvalue weighted by atomic mass is 10.0. The van der Waals surface area contributed by atoms with Gasteiger partial charge in [-0.05, 0) is 66.2 Å². The number of nitrogens with one attached hydrogen (secondary N) is 1. The summed E-state index contributed by atoms with van der Waals surface area (Å²) in [4.78, 5) is 30.1. The maximum absolute atomic E-state index is 13.7. The minimum absolute atomic E-state index is 0.154. The van der Waals surface area contributed by atoms with Crippen molar-refractivity contribution in [3.05, 3.63) is 72.3 Å². The van der Waals surface area contributed by atoms with Crippen LogP contribution in [-0.4, -0.2) is 68.9 Å². The van der Waals surface area contributed by atoms with Gasteiger partial charge in [-0.15, -0.1) is 0 Å². The van der Waals surface area contributed by atoms with Gasteiger partial charge in [-0.1, -0.05) is 47.6 Å². The van der Waals surface area contributed by atoms with Crippen LogP contribution in [0.4, 0.5) is 16.4 Å². The summed E-state index contributed by atoms with van der Waals surface area (Å²) in [7, 11) is 0. The van der Waals surface area contributed by atoms with Crippen LogP contribution in [0.5, 0.6) is 0 Å². The first-order valence-electron chi connectivity index (χ1n) is 12.2. The number of hydrogen-bond acceptors (Lipinski definition) is 7. The van der Waals surface area contributed by atoms with E-state index in [-0.39, 0.29) is 5.91 Å². The molecule has 0 aliphatic carbocycles. The van der Waals surface area contributed by atoms with Gasteiger partial charge in [0.25, 0.3) is 5.91 Å². The monoisotopic (exact) mass is 499 g/mol. The number of hydrogen-bond donors (Lipinski definition) is 1. The summed E-state index contributed by atoms with van der Waals surface area (Å²) in [5.41, 5.74) is 1.06. The van der Waals surface area contributed by atoms with Crippen LogP contribution in [0, 0.1) is 0 Å². The van der Waals surface area contributed by atoms with E-state index in [2.05, 4.69) is 25.7 Å². The lowest BCUT2D eigenvalue weighted by Crippen LogP contribution is -2.49. The predicted molar refractivity (Wildman–Crippen MR) is 141 cm³/mol. The third kappa shape index (κ3) is 5.37. The molecule has 1 aliphatic rings. The Balaban J connectivity index is 1.35. The van der Waals surface area contributed by atoms with Crippen molar-refractivity contribution in [3.63, 3.8) is 0 Å². The van der Waals surface area contributed by atoms with Gasteiger partial charge in [-0.2, -0.15) is 4.68 Å². The zero-order chi connectivity index (χ0) is 26.0. The summed E-state index contributed by atoms with van der Waals surface area (Å²) in [5, 5.41) is 16.8. The fourth-order valence-electron chi connectivity index (χ4n) is 4.33. The highest BCUT2D eigenvalue weighted by Crippen LogP contribution is 2.27. The lowest BCUT2D eigenvalue weighted by molar-refractivity contribution is 0.0636. The first-order chi connectivity index (χ1) is 17.8. The quantitative estimate of drug-likeness (QED) is 0.450. The number of anilines is 2. The number of fused-ring (bicyclic) bond motifs is 1. The summed E-state index contributed by atoms with van der Waals surface area (Å²) >= 11 is 0. The number of tetrazole rings is 1. The van der Waals surface area contributed by atoms with Crippen LogP contribution in [0.1, 0.15) is 31.1 Å². The Labute approximate surface area is 214 Å². The molecule has 10 heteroatoms. The van der Waals surface area contributed by atoms with Gasteiger partial charge in [0.2, 0.25) is 5.95 Å². The van der Waals surface area contributed by atoms with Crippen molar-refractivity contribution in [3.8, 4) is 5.69 Å². The van der Waals surface area contributed by atoms with E-state index in [1.165, 1.54) is 0 Å². The van der Waals surface area contributed by atoms with E-state index in [9.17, 15) is 9.59 Å². The largest absolute Gasteiger partial charge is 0.444 e. The summed E-state index contributed by atoms with van der Waals surface area (Å²) in [6.07, 6.45) is -0.602.